The van der Waals surface area contributed by atoms with Crippen molar-refractivity contribution in [3.05, 3.63) is 63.1 Å². The van der Waals surface area contributed by atoms with Gasteiger partial charge in [-0.25, -0.2) is 0 Å². The number of ketones is 1. The fourth-order valence-electron chi connectivity index (χ4n) is 1.70. The van der Waals surface area contributed by atoms with Crippen molar-refractivity contribution in [1.29, 1.82) is 0 Å². The fourth-order valence-corrected chi connectivity index (χ4v) is 2.58. The van der Waals surface area contributed by atoms with E-state index >= 15 is 0 Å². The van der Waals surface area contributed by atoms with Crippen LogP contribution in [-0.4, -0.2) is 17.4 Å². The molecule has 0 radical (unpaired) electrons. The third kappa shape index (κ3) is 4.58. The van der Waals surface area contributed by atoms with Crippen LogP contribution < -0.4 is 10.6 Å². The molecule has 0 saturated heterocycles. The molecular formula is C15H11Cl3N2OS. The summed E-state index contributed by atoms with van der Waals surface area (Å²) in [4.78, 5) is 12.1. The van der Waals surface area contributed by atoms with Crippen LogP contribution in [0.2, 0.25) is 15.1 Å². The third-order valence-electron chi connectivity index (χ3n) is 2.76. The van der Waals surface area contributed by atoms with Crippen LogP contribution in [0, 0.1) is 0 Å². The number of anilines is 1. The van der Waals surface area contributed by atoms with E-state index in [4.69, 9.17) is 47.0 Å². The van der Waals surface area contributed by atoms with Crippen molar-refractivity contribution in [1.82, 2.24) is 5.32 Å². The molecule has 0 bridgehead atoms. The molecule has 0 unspecified atom stereocenters. The summed E-state index contributed by atoms with van der Waals surface area (Å²) in [5, 5.41) is 7.37. The highest BCUT2D eigenvalue weighted by Gasteiger charge is 2.11. The number of Topliss-reactive ketones (excluding diaryl/α,β-unsaturated/α-hetero) is 1. The Kier molecular flexibility index (Phi) is 6.03. The lowest BCUT2D eigenvalue weighted by atomic mass is 10.1. The number of nitrogens with one attached hydrogen (secondary N) is 2. The van der Waals surface area contributed by atoms with Crippen LogP contribution in [0.25, 0.3) is 0 Å². The standard InChI is InChI=1S/C15H11Cl3N2OS/c16-9-5-6-10(12(18)7-9)14(21)8-19-15(22)20-13-4-2-1-3-11(13)17/h1-7H,8H2,(H2,19,20,22). The molecular weight excluding hydrogens is 363 g/mol. The van der Waals surface area contributed by atoms with Crippen molar-refractivity contribution in [3.8, 4) is 0 Å². The highest BCUT2D eigenvalue weighted by Crippen LogP contribution is 2.22. The van der Waals surface area contributed by atoms with Gasteiger partial charge in [-0.05, 0) is 42.5 Å². The van der Waals surface area contributed by atoms with Crippen molar-refractivity contribution in [2.24, 2.45) is 0 Å². The number of hydrogen-bond donors (Lipinski definition) is 2. The molecule has 0 aliphatic heterocycles. The maximum Gasteiger partial charge on any atom is 0.183 e. The maximum absolute atomic E-state index is 12.1. The van der Waals surface area contributed by atoms with Crippen LogP contribution in [0.1, 0.15) is 10.4 Å². The first-order chi connectivity index (χ1) is 10.5. The summed E-state index contributed by atoms with van der Waals surface area (Å²) >= 11 is 22.9. The molecule has 0 aliphatic carbocycles. The Bertz CT molecular complexity index is 722. The Balaban J connectivity index is 1.93. The lowest BCUT2D eigenvalue weighted by Crippen LogP contribution is -2.33. The number of rotatable bonds is 4. The van der Waals surface area contributed by atoms with E-state index in [9.17, 15) is 4.79 Å². The highest BCUT2D eigenvalue weighted by molar-refractivity contribution is 7.80. The van der Waals surface area contributed by atoms with Crippen molar-refractivity contribution in [3.63, 3.8) is 0 Å². The molecule has 114 valence electrons. The summed E-state index contributed by atoms with van der Waals surface area (Å²) in [5.74, 6) is -0.190. The van der Waals surface area contributed by atoms with Gasteiger partial charge in [-0.1, -0.05) is 46.9 Å². The SMILES string of the molecule is O=C(CNC(=S)Nc1ccccc1Cl)c1ccc(Cl)cc1Cl. The number of carbonyl (C=O) groups excluding carboxylic acids is 1. The zero-order valence-electron chi connectivity index (χ0n) is 11.2. The van der Waals surface area contributed by atoms with Gasteiger partial charge in [-0.3, -0.25) is 4.79 Å². The van der Waals surface area contributed by atoms with Gasteiger partial charge in [0.25, 0.3) is 0 Å². The minimum Gasteiger partial charge on any atom is -0.355 e. The van der Waals surface area contributed by atoms with Gasteiger partial charge in [0, 0.05) is 10.6 Å². The number of thiocarbonyl (C=S) groups is 1. The van der Waals surface area contributed by atoms with Gasteiger partial charge in [0.1, 0.15) is 0 Å². The van der Waals surface area contributed by atoms with E-state index in [1.54, 1.807) is 24.3 Å². The Morgan fingerprint density at radius 3 is 2.45 bits per heavy atom. The van der Waals surface area contributed by atoms with E-state index < -0.39 is 0 Å². The van der Waals surface area contributed by atoms with Gasteiger partial charge in [-0.2, -0.15) is 0 Å². The second-order valence-electron chi connectivity index (χ2n) is 4.33. The Morgan fingerprint density at radius 2 is 1.77 bits per heavy atom. The van der Waals surface area contributed by atoms with Gasteiger partial charge >= 0.3 is 0 Å². The first-order valence-electron chi connectivity index (χ1n) is 6.25. The molecule has 2 N–H and O–H groups in total. The van der Waals surface area contributed by atoms with Crippen molar-refractivity contribution >= 4 is 63.6 Å². The van der Waals surface area contributed by atoms with E-state index in [0.29, 0.717) is 31.4 Å². The zero-order valence-corrected chi connectivity index (χ0v) is 14.3. The van der Waals surface area contributed by atoms with Crippen LogP contribution in [0.15, 0.2) is 42.5 Å². The molecule has 0 atom stereocenters. The second-order valence-corrected chi connectivity index (χ2v) is 5.99. The topological polar surface area (TPSA) is 41.1 Å². The average Bonchev–Trinajstić information content (AvgIpc) is 2.47. The minimum absolute atomic E-state index is 0.0115. The summed E-state index contributed by atoms with van der Waals surface area (Å²) in [7, 11) is 0. The Hall–Kier alpha value is -1.33. The van der Waals surface area contributed by atoms with Crippen LogP contribution in [-0.2, 0) is 0 Å². The number of hydrogen-bond acceptors (Lipinski definition) is 2. The molecule has 0 saturated carbocycles. The van der Waals surface area contributed by atoms with E-state index in [2.05, 4.69) is 10.6 Å². The molecule has 0 fully saturated rings. The van der Waals surface area contributed by atoms with Gasteiger partial charge in [0.05, 0.1) is 22.3 Å². The number of carbonyl (C=O) groups is 1. The molecule has 0 heterocycles. The second kappa shape index (κ2) is 7.79. The van der Waals surface area contributed by atoms with Crippen LogP contribution in [0.4, 0.5) is 5.69 Å². The molecule has 0 aliphatic rings. The number of para-hydroxylation sites is 1. The average molecular weight is 374 g/mol. The van der Waals surface area contributed by atoms with E-state index in [0.717, 1.165) is 0 Å². The molecule has 3 nitrogen and oxygen atoms in total. The largest absolute Gasteiger partial charge is 0.355 e. The molecule has 0 amide bonds. The molecule has 2 aromatic rings. The highest BCUT2D eigenvalue weighted by atomic mass is 35.5. The Labute approximate surface area is 148 Å². The maximum atomic E-state index is 12.1. The molecule has 2 aromatic carbocycles. The lowest BCUT2D eigenvalue weighted by molar-refractivity contribution is 0.0997. The van der Waals surface area contributed by atoms with Crippen LogP contribution in [0.3, 0.4) is 0 Å². The van der Waals surface area contributed by atoms with Crippen molar-refractivity contribution in [2.75, 3.05) is 11.9 Å². The van der Waals surface area contributed by atoms with Crippen LogP contribution >= 0.6 is 47.0 Å². The zero-order chi connectivity index (χ0) is 16.1. The summed E-state index contributed by atoms with van der Waals surface area (Å²) in [6, 6.07) is 11.9. The van der Waals surface area contributed by atoms with E-state index in [1.807, 2.05) is 12.1 Å². The predicted octanol–water partition coefficient (Wildman–Crippen LogP) is 4.82. The molecule has 22 heavy (non-hydrogen) atoms. The van der Waals surface area contributed by atoms with Crippen molar-refractivity contribution < 1.29 is 4.79 Å². The molecule has 2 rings (SSSR count). The van der Waals surface area contributed by atoms with Gasteiger partial charge in [0.15, 0.2) is 10.9 Å². The summed E-state index contributed by atoms with van der Waals surface area (Å²) in [6.45, 7) is 0.0115. The van der Waals surface area contributed by atoms with Crippen molar-refractivity contribution in [2.45, 2.75) is 0 Å². The van der Waals surface area contributed by atoms with Gasteiger partial charge in [-0.15, -0.1) is 0 Å². The Morgan fingerprint density at radius 1 is 1.05 bits per heavy atom. The van der Waals surface area contributed by atoms with Crippen LogP contribution in [0.5, 0.6) is 0 Å². The quantitative estimate of drug-likeness (QED) is 0.596. The smallest absolute Gasteiger partial charge is 0.183 e. The van der Waals surface area contributed by atoms with E-state index in [1.165, 1.54) is 6.07 Å². The number of benzene rings is 2. The predicted molar refractivity (Wildman–Crippen MR) is 96.5 cm³/mol. The lowest BCUT2D eigenvalue weighted by Gasteiger charge is -2.11. The fraction of sp³-hybridized carbons (Fsp3) is 0.0667. The summed E-state index contributed by atoms with van der Waals surface area (Å²) in [5.41, 5.74) is 1.05. The summed E-state index contributed by atoms with van der Waals surface area (Å²) < 4.78 is 0. The van der Waals surface area contributed by atoms with Gasteiger partial charge in [0.2, 0.25) is 0 Å². The third-order valence-corrected chi connectivity index (χ3v) is 3.89. The van der Waals surface area contributed by atoms with E-state index in [-0.39, 0.29) is 12.3 Å². The minimum atomic E-state index is -0.190. The number of halogens is 3. The summed E-state index contributed by atoms with van der Waals surface area (Å²) in [6.07, 6.45) is 0. The first kappa shape index (κ1) is 17.0. The molecule has 0 spiro atoms. The molecule has 7 heteroatoms. The normalized spacial score (nSPS) is 10.1. The first-order valence-corrected chi connectivity index (χ1v) is 7.79. The molecule has 0 aromatic heterocycles. The van der Waals surface area contributed by atoms with Gasteiger partial charge < -0.3 is 10.6 Å². The monoisotopic (exact) mass is 372 g/mol.